The zero-order valence-corrected chi connectivity index (χ0v) is 20.8. The summed E-state index contributed by atoms with van der Waals surface area (Å²) in [7, 11) is 0. The van der Waals surface area contributed by atoms with Crippen molar-refractivity contribution in [3.63, 3.8) is 0 Å². The van der Waals surface area contributed by atoms with Gasteiger partial charge in [-0.25, -0.2) is 4.68 Å². The highest BCUT2D eigenvalue weighted by atomic mass is 16.7. The van der Waals surface area contributed by atoms with Crippen LogP contribution in [0.2, 0.25) is 0 Å². The average molecular weight is 521 g/mol. The lowest BCUT2D eigenvalue weighted by molar-refractivity contribution is -0.127. The molecule has 1 aliphatic heterocycles. The molecule has 0 spiro atoms. The lowest BCUT2D eigenvalue weighted by atomic mass is 10.1. The summed E-state index contributed by atoms with van der Waals surface area (Å²) in [4.78, 5) is 33.8. The molecule has 2 amide bonds. The van der Waals surface area contributed by atoms with Crippen LogP contribution < -0.4 is 19.7 Å². The van der Waals surface area contributed by atoms with Crippen molar-refractivity contribution in [3.8, 4) is 11.5 Å². The van der Waals surface area contributed by atoms with Crippen LogP contribution in [0.1, 0.15) is 17.3 Å². The van der Waals surface area contributed by atoms with Crippen LogP contribution in [-0.2, 0) is 22.7 Å². The highest BCUT2D eigenvalue weighted by Crippen LogP contribution is 2.38. The number of hydrogen-bond acceptors (Lipinski definition) is 7. The van der Waals surface area contributed by atoms with Crippen molar-refractivity contribution in [1.82, 2.24) is 25.3 Å². The van der Waals surface area contributed by atoms with Crippen LogP contribution in [0.15, 0.2) is 97.2 Å². The van der Waals surface area contributed by atoms with E-state index >= 15 is 0 Å². The maximum absolute atomic E-state index is 14.1. The number of benzene rings is 3. The third-order valence-electron chi connectivity index (χ3n) is 6.39. The number of hydrogen-bond donors (Lipinski definition) is 1. The number of aromatic nitrogens is 4. The number of nitrogens with one attached hydrogen (secondary N) is 1. The van der Waals surface area contributed by atoms with E-state index < -0.39 is 6.04 Å². The first-order valence-corrected chi connectivity index (χ1v) is 12.4. The smallest absolute Gasteiger partial charge is 0.249 e. The Hall–Kier alpha value is -5.25. The number of nitrogens with zero attached hydrogens (tertiary/aromatic N) is 5. The molecule has 5 aromatic rings. The van der Waals surface area contributed by atoms with Crippen LogP contribution in [0.25, 0.3) is 11.0 Å². The second kappa shape index (κ2) is 10.6. The molecule has 0 saturated heterocycles. The molecule has 0 fully saturated rings. The summed E-state index contributed by atoms with van der Waals surface area (Å²) in [6, 6.07) is 26.3. The number of carbonyl (C=O) groups is 2. The van der Waals surface area contributed by atoms with Crippen molar-refractivity contribution in [2.75, 3.05) is 11.7 Å². The van der Waals surface area contributed by atoms with Gasteiger partial charge in [0.05, 0.1) is 11.2 Å². The van der Waals surface area contributed by atoms with E-state index in [0.29, 0.717) is 40.5 Å². The van der Waals surface area contributed by atoms with Crippen molar-refractivity contribution in [1.29, 1.82) is 0 Å². The molecule has 3 aromatic carbocycles. The molecule has 10 nitrogen and oxygen atoms in total. The van der Waals surface area contributed by atoms with E-state index in [1.54, 1.807) is 42.6 Å². The Labute approximate surface area is 223 Å². The quantitative estimate of drug-likeness (QED) is 0.332. The van der Waals surface area contributed by atoms with E-state index in [9.17, 15) is 9.59 Å². The van der Waals surface area contributed by atoms with Gasteiger partial charge in [-0.2, -0.15) is 0 Å². The standard InChI is InChI=1S/C29H24N6O4/c36-27(18-34-24-12-5-4-10-22(24)32-33-34)35(21-13-14-25-26(16-21)39-19-38-25)28(23-11-6-7-15-30-23)29(37)31-17-20-8-2-1-3-9-20/h1-16,28H,17-19H2,(H,31,37)/t28-/m1/s1. The Morgan fingerprint density at radius 1 is 0.923 bits per heavy atom. The van der Waals surface area contributed by atoms with E-state index in [1.807, 2.05) is 54.6 Å². The van der Waals surface area contributed by atoms with Crippen molar-refractivity contribution in [3.05, 3.63) is 108 Å². The lowest BCUT2D eigenvalue weighted by Crippen LogP contribution is -2.45. The molecule has 39 heavy (non-hydrogen) atoms. The van der Waals surface area contributed by atoms with E-state index in [4.69, 9.17) is 9.47 Å². The topological polar surface area (TPSA) is 111 Å². The van der Waals surface area contributed by atoms with Crippen LogP contribution >= 0.6 is 0 Å². The monoisotopic (exact) mass is 520 g/mol. The van der Waals surface area contributed by atoms with Gasteiger partial charge in [0.15, 0.2) is 17.5 Å². The third-order valence-corrected chi connectivity index (χ3v) is 6.39. The molecule has 0 unspecified atom stereocenters. The summed E-state index contributed by atoms with van der Waals surface area (Å²) < 4.78 is 12.6. The minimum absolute atomic E-state index is 0.0823. The predicted molar refractivity (Wildman–Crippen MR) is 143 cm³/mol. The zero-order chi connectivity index (χ0) is 26.6. The van der Waals surface area contributed by atoms with Crippen LogP contribution in [0.3, 0.4) is 0 Å². The molecule has 1 aliphatic rings. The summed E-state index contributed by atoms with van der Waals surface area (Å²) in [5.74, 6) is 0.291. The van der Waals surface area contributed by atoms with Gasteiger partial charge in [-0.15, -0.1) is 5.10 Å². The van der Waals surface area contributed by atoms with Crippen LogP contribution in [0.5, 0.6) is 11.5 Å². The van der Waals surface area contributed by atoms with Gasteiger partial charge >= 0.3 is 0 Å². The summed E-state index contributed by atoms with van der Waals surface area (Å²) in [5.41, 5.74) is 3.18. The largest absolute Gasteiger partial charge is 0.454 e. The zero-order valence-electron chi connectivity index (χ0n) is 20.8. The molecule has 0 aliphatic carbocycles. The highest BCUT2D eigenvalue weighted by molar-refractivity contribution is 6.01. The first-order chi connectivity index (χ1) is 19.2. The number of rotatable bonds is 8. The number of anilines is 1. The van der Waals surface area contributed by atoms with Gasteiger partial charge in [0.25, 0.3) is 0 Å². The number of pyridine rings is 1. The molecule has 10 heteroatoms. The van der Waals surface area contributed by atoms with Gasteiger partial charge in [-0.3, -0.25) is 19.5 Å². The van der Waals surface area contributed by atoms with Gasteiger partial charge in [0.1, 0.15) is 12.1 Å². The fourth-order valence-electron chi connectivity index (χ4n) is 4.51. The maximum Gasteiger partial charge on any atom is 0.249 e. The second-order valence-electron chi connectivity index (χ2n) is 8.90. The van der Waals surface area contributed by atoms with Crippen molar-refractivity contribution in [2.24, 2.45) is 0 Å². The molecular formula is C29H24N6O4. The minimum atomic E-state index is -1.07. The summed E-state index contributed by atoms with van der Waals surface area (Å²) in [5, 5.41) is 11.3. The molecule has 0 bridgehead atoms. The molecule has 1 N–H and O–H groups in total. The summed E-state index contributed by atoms with van der Waals surface area (Å²) in [6.45, 7) is 0.225. The van der Waals surface area contributed by atoms with Crippen molar-refractivity contribution >= 4 is 28.5 Å². The van der Waals surface area contributed by atoms with E-state index in [1.165, 1.54) is 9.58 Å². The Kier molecular flexibility index (Phi) is 6.57. The molecule has 1 atom stereocenters. The maximum atomic E-state index is 14.1. The molecular weight excluding hydrogens is 496 g/mol. The lowest BCUT2D eigenvalue weighted by Gasteiger charge is -2.31. The van der Waals surface area contributed by atoms with E-state index in [2.05, 4.69) is 20.6 Å². The minimum Gasteiger partial charge on any atom is -0.454 e. The van der Waals surface area contributed by atoms with Gasteiger partial charge in [-0.1, -0.05) is 53.7 Å². The Balaban J connectivity index is 1.40. The Morgan fingerprint density at radius 2 is 1.72 bits per heavy atom. The number of fused-ring (bicyclic) bond motifs is 2. The van der Waals surface area contributed by atoms with Crippen molar-refractivity contribution in [2.45, 2.75) is 19.1 Å². The molecule has 194 valence electrons. The normalized spacial score (nSPS) is 12.7. The van der Waals surface area contributed by atoms with Crippen LogP contribution in [0.4, 0.5) is 5.69 Å². The number of carbonyl (C=O) groups excluding carboxylic acids is 2. The Bertz CT molecular complexity index is 1620. The fraction of sp³-hybridized carbons (Fsp3) is 0.138. The number of amides is 2. The molecule has 2 aromatic heterocycles. The first-order valence-electron chi connectivity index (χ1n) is 12.4. The molecule has 6 rings (SSSR count). The molecule has 3 heterocycles. The van der Waals surface area contributed by atoms with Gasteiger partial charge < -0.3 is 14.8 Å². The van der Waals surface area contributed by atoms with Gasteiger partial charge in [0, 0.05) is 24.5 Å². The third kappa shape index (κ3) is 4.99. The summed E-state index contributed by atoms with van der Waals surface area (Å²) >= 11 is 0. The van der Waals surface area contributed by atoms with Gasteiger partial charge in [0.2, 0.25) is 18.6 Å². The van der Waals surface area contributed by atoms with E-state index in [0.717, 1.165) is 5.56 Å². The average Bonchev–Trinajstić information content (AvgIpc) is 3.62. The van der Waals surface area contributed by atoms with Gasteiger partial charge in [-0.05, 0) is 42.0 Å². The van der Waals surface area contributed by atoms with Crippen LogP contribution in [0, 0.1) is 0 Å². The second-order valence-corrected chi connectivity index (χ2v) is 8.90. The SMILES string of the molecule is O=C(NCc1ccccc1)[C@@H](c1ccccn1)N(C(=O)Cn1nnc2ccccc21)c1ccc2c(c1)OCO2. The molecule has 0 radical (unpaired) electrons. The number of para-hydroxylation sites is 1. The predicted octanol–water partition coefficient (Wildman–Crippen LogP) is 3.65. The highest BCUT2D eigenvalue weighted by Gasteiger charge is 2.35. The van der Waals surface area contributed by atoms with Crippen molar-refractivity contribution < 1.29 is 19.1 Å². The number of ether oxygens (including phenoxy) is 2. The van der Waals surface area contributed by atoms with E-state index in [-0.39, 0.29) is 25.2 Å². The first kappa shape index (κ1) is 24.1. The Morgan fingerprint density at radius 3 is 2.56 bits per heavy atom. The van der Waals surface area contributed by atoms with Crippen LogP contribution in [-0.4, -0.2) is 38.6 Å². The summed E-state index contributed by atoms with van der Waals surface area (Å²) in [6.07, 6.45) is 1.60. The molecule has 0 saturated carbocycles. The fourth-order valence-corrected chi connectivity index (χ4v) is 4.51.